The van der Waals surface area contributed by atoms with Crippen molar-refractivity contribution in [3.8, 4) is 11.3 Å². The summed E-state index contributed by atoms with van der Waals surface area (Å²) in [4.78, 5) is 4.42. The normalized spacial score (nSPS) is 16.9. The van der Waals surface area contributed by atoms with Gasteiger partial charge < -0.3 is 9.88 Å². The summed E-state index contributed by atoms with van der Waals surface area (Å²) in [5, 5.41) is 3.59. The SMILES string of the molecule is CCC(C)C(C)n1cncc1-c1cccc2c1NCCC2. The highest BCUT2D eigenvalue weighted by Gasteiger charge is 2.20. The summed E-state index contributed by atoms with van der Waals surface area (Å²) in [7, 11) is 0. The van der Waals surface area contributed by atoms with E-state index in [1.807, 2.05) is 12.5 Å². The van der Waals surface area contributed by atoms with E-state index in [9.17, 15) is 0 Å². The number of para-hydroxylation sites is 1. The molecule has 1 aromatic carbocycles. The van der Waals surface area contributed by atoms with E-state index in [0.717, 1.165) is 6.54 Å². The van der Waals surface area contributed by atoms with Gasteiger partial charge in [0, 0.05) is 23.8 Å². The van der Waals surface area contributed by atoms with Gasteiger partial charge >= 0.3 is 0 Å². The molecule has 0 radical (unpaired) electrons. The summed E-state index contributed by atoms with van der Waals surface area (Å²) in [6, 6.07) is 7.09. The minimum absolute atomic E-state index is 0.465. The minimum atomic E-state index is 0.465. The molecule has 0 fully saturated rings. The first kappa shape index (κ1) is 14.2. The summed E-state index contributed by atoms with van der Waals surface area (Å²) in [6.07, 6.45) is 7.56. The van der Waals surface area contributed by atoms with Crippen LogP contribution in [0.2, 0.25) is 0 Å². The molecule has 21 heavy (non-hydrogen) atoms. The van der Waals surface area contributed by atoms with Crippen molar-refractivity contribution in [1.29, 1.82) is 0 Å². The zero-order chi connectivity index (χ0) is 14.8. The summed E-state index contributed by atoms with van der Waals surface area (Å²) >= 11 is 0. The van der Waals surface area contributed by atoms with Gasteiger partial charge in [0.05, 0.1) is 18.2 Å². The predicted molar refractivity (Wildman–Crippen MR) is 88.6 cm³/mol. The van der Waals surface area contributed by atoms with Crippen molar-refractivity contribution in [1.82, 2.24) is 9.55 Å². The Morgan fingerprint density at radius 1 is 1.33 bits per heavy atom. The molecule has 0 amide bonds. The van der Waals surface area contributed by atoms with E-state index in [0.29, 0.717) is 12.0 Å². The van der Waals surface area contributed by atoms with Gasteiger partial charge in [-0.25, -0.2) is 4.98 Å². The number of benzene rings is 1. The molecule has 2 unspecified atom stereocenters. The molecule has 3 heteroatoms. The van der Waals surface area contributed by atoms with Gasteiger partial charge in [-0.3, -0.25) is 0 Å². The van der Waals surface area contributed by atoms with Crippen molar-refractivity contribution in [2.45, 2.75) is 46.1 Å². The number of aryl methyl sites for hydroxylation is 1. The van der Waals surface area contributed by atoms with E-state index in [2.05, 4.69) is 53.8 Å². The van der Waals surface area contributed by atoms with E-state index < -0.39 is 0 Å². The van der Waals surface area contributed by atoms with Gasteiger partial charge in [-0.15, -0.1) is 0 Å². The van der Waals surface area contributed by atoms with Crippen molar-refractivity contribution >= 4 is 5.69 Å². The topological polar surface area (TPSA) is 29.9 Å². The zero-order valence-corrected chi connectivity index (χ0v) is 13.3. The monoisotopic (exact) mass is 283 g/mol. The molecule has 0 bridgehead atoms. The fourth-order valence-electron chi connectivity index (χ4n) is 3.18. The van der Waals surface area contributed by atoms with Gasteiger partial charge in [0.2, 0.25) is 0 Å². The molecular formula is C18H25N3. The lowest BCUT2D eigenvalue weighted by atomic mass is 9.96. The van der Waals surface area contributed by atoms with Crippen LogP contribution in [0, 0.1) is 5.92 Å². The number of hydrogen-bond acceptors (Lipinski definition) is 2. The maximum atomic E-state index is 4.42. The third-order valence-electron chi connectivity index (χ3n) is 4.92. The number of fused-ring (bicyclic) bond motifs is 1. The first-order valence-electron chi connectivity index (χ1n) is 8.10. The number of nitrogens with zero attached hydrogens (tertiary/aromatic N) is 2. The standard InChI is InChI=1S/C18H25N3/c1-4-13(2)14(3)21-12-19-11-17(21)16-9-5-7-15-8-6-10-20-18(15)16/h5,7,9,11-14,20H,4,6,8,10H2,1-3H3. The van der Waals surface area contributed by atoms with Gasteiger partial charge in [0.15, 0.2) is 0 Å². The van der Waals surface area contributed by atoms with Crippen LogP contribution >= 0.6 is 0 Å². The average molecular weight is 283 g/mol. The first-order valence-corrected chi connectivity index (χ1v) is 8.10. The van der Waals surface area contributed by atoms with Crippen LogP contribution in [0.25, 0.3) is 11.3 Å². The summed E-state index contributed by atoms with van der Waals surface area (Å²) < 4.78 is 2.33. The van der Waals surface area contributed by atoms with Crippen LogP contribution in [0.4, 0.5) is 5.69 Å². The van der Waals surface area contributed by atoms with Crippen LogP contribution in [0.1, 0.15) is 45.2 Å². The second-order valence-corrected chi connectivity index (χ2v) is 6.18. The number of imidazole rings is 1. The van der Waals surface area contributed by atoms with E-state index >= 15 is 0 Å². The maximum absolute atomic E-state index is 4.42. The van der Waals surface area contributed by atoms with E-state index in [4.69, 9.17) is 0 Å². The Balaban J connectivity index is 2.04. The van der Waals surface area contributed by atoms with E-state index in [1.54, 1.807) is 0 Å². The van der Waals surface area contributed by atoms with Crippen LogP contribution in [0.15, 0.2) is 30.7 Å². The molecule has 2 atom stereocenters. The predicted octanol–water partition coefficient (Wildman–Crippen LogP) is 4.52. The number of aromatic nitrogens is 2. The van der Waals surface area contributed by atoms with Crippen molar-refractivity contribution in [3.05, 3.63) is 36.3 Å². The highest BCUT2D eigenvalue weighted by atomic mass is 15.1. The molecule has 0 saturated heterocycles. The van der Waals surface area contributed by atoms with E-state index in [-0.39, 0.29) is 0 Å². The second kappa shape index (κ2) is 5.92. The first-order chi connectivity index (χ1) is 10.2. The molecule has 0 spiro atoms. The van der Waals surface area contributed by atoms with Crippen LogP contribution in [-0.2, 0) is 6.42 Å². The largest absolute Gasteiger partial charge is 0.384 e. The Hall–Kier alpha value is -1.77. The molecule has 1 aliphatic heterocycles. The lowest BCUT2D eigenvalue weighted by molar-refractivity contribution is 0.372. The van der Waals surface area contributed by atoms with Crippen LogP contribution in [0.3, 0.4) is 0 Å². The lowest BCUT2D eigenvalue weighted by Gasteiger charge is -2.25. The van der Waals surface area contributed by atoms with E-state index in [1.165, 1.54) is 41.8 Å². The van der Waals surface area contributed by atoms with Gasteiger partial charge in [-0.2, -0.15) is 0 Å². The van der Waals surface area contributed by atoms with Crippen molar-refractivity contribution in [3.63, 3.8) is 0 Å². The third kappa shape index (κ3) is 2.57. The average Bonchev–Trinajstić information content (AvgIpc) is 3.02. The maximum Gasteiger partial charge on any atom is 0.0953 e. The van der Waals surface area contributed by atoms with Gasteiger partial charge in [0.25, 0.3) is 0 Å². The Kier molecular flexibility index (Phi) is 4.00. The molecule has 0 aliphatic carbocycles. The number of rotatable bonds is 4. The Bertz CT molecular complexity index is 615. The molecule has 3 rings (SSSR count). The third-order valence-corrected chi connectivity index (χ3v) is 4.92. The Labute approximate surface area is 127 Å². The number of anilines is 1. The minimum Gasteiger partial charge on any atom is -0.384 e. The fraction of sp³-hybridized carbons (Fsp3) is 0.500. The van der Waals surface area contributed by atoms with Crippen LogP contribution in [-0.4, -0.2) is 16.1 Å². The van der Waals surface area contributed by atoms with Crippen molar-refractivity contribution in [2.75, 3.05) is 11.9 Å². The molecule has 1 aliphatic rings. The second-order valence-electron chi connectivity index (χ2n) is 6.18. The molecule has 2 heterocycles. The summed E-state index contributed by atoms with van der Waals surface area (Å²) in [5.41, 5.74) is 5.26. The van der Waals surface area contributed by atoms with Crippen molar-refractivity contribution in [2.24, 2.45) is 5.92 Å². The molecule has 112 valence electrons. The van der Waals surface area contributed by atoms with Crippen molar-refractivity contribution < 1.29 is 0 Å². The lowest BCUT2D eigenvalue weighted by Crippen LogP contribution is -2.16. The molecule has 2 aromatic rings. The Morgan fingerprint density at radius 2 is 2.19 bits per heavy atom. The Morgan fingerprint density at radius 3 is 3.00 bits per heavy atom. The zero-order valence-electron chi connectivity index (χ0n) is 13.3. The van der Waals surface area contributed by atoms with Crippen LogP contribution < -0.4 is 5.32 Å². The fourth-order valence-corrected chi connectivity index (χ4v) is 3.18. The van der Waals surface area contributed by atoms with Gasteiger partial charge in [0.1, 0.15) is 0 Å². The smallest absolute Gasteiger partial charge is 0.0953 e. The van der Waals surface area contributed by atoms with Crippen LogP contribution in [0.5, 0.6) is 0 Å². The molecule has 0 saturated carbocycles. The molecule has 1 N–H and O–H groups in total. The number of hydrogen-bond donors (Lipinski definition) is 1. The molecule has 3 nitrogen and oxygen atoms in total. The molecular weight excluding hydrogens is 258 g/mol. The molecule has 1 aromatic heterocycles. The highest BCUT2D eigenvalue weighted by Crippen LogP contribution is 2.35. The summed E-state index contributed by atoms with van der Waals surface area (Å²) in [6.45, 7) is 7.93. The van der Waals surface area contributed by atoms with Gasteiger partial charge in [-0.1, -0.05) is 38.5 Å². The highest BCUT2D eigenvalue weighted by molar-refractivity contribution is 5.79. The van der Waals surface area contributed by atoms with Gasteiger partial charge in [-0.05, 0) is 31.2 Å². The number of nitrogens with one attached hydrogen (secondary N) is 1. The summed E-state index contributed by atoms with van der Waals surface area (Å²) in [5.74, 6) is 0.644. The quantitative estimate of drug-likeness (QED) is 0.894.